The molecular weight excluding hydrogens is 272 g/mol. The molecule has 1 aromatic carbocycles. The first-order chi connectivity index (χ1) is 10.2. The summed E-state index contributed by atoms with van der Waals surface area (Å²) >= 11 is 0. The van der Waals surface area contributed by atoms with Crippen LogP contribution in [0.15, 0.2) is 30.6 Å². The van der Waals surface area contributed by atoms with Gasteiger partial charge in [0.25, 0.3) is 0 Å². The van der Waals surface area contributed by atoms with Gasteiger partial charge in [0.1, 0.15) is 19.5 Å². The first-order valence-corrected chi connectivity index (χ1v) is 6.35. The smallest absolute Gasteiger partial charge is 0.354 e. The van der Waals surface area contributed by atoms with Crippen LogP contribution in [-0.4, -0.2) is 34.3 Å². The Balaban J connectivity index is 1.82. The molecule has 2 aromatic rings. The zero-order valence-electron chi connectivity index (χ0n) is 11.0. The molecule has 0 saturated carbocycles. The molecule has 0 fully saturated rings. The number of fused-ring (bicyclic) bond motifs is 1. The second-order valence-electron chi connectivity index (χ2n) is 4.37. The molecule has 0 atom stereocenters. The molecule has 2 heterocycles. The van der Waals surface area contributed by atoms with Crippen LogP contribution in [0.5, 0.6) is 11.5 Å². The zero-order chi connectivity index (χ0) is 14.7. The van der Waals surface area contributed by atoms with Crippen LogP contribution in [0.3, 0.4) is 0 Å². The summed E-state index contributed by atoms with van der Waals surface area (Å²) in [5.41, 5.74) is 1.40. The molecule has 1 aromatic heterocycles. The topological polar surface area (TPSA) is 81.5 Å². The van der Waals surface area contributed by atoms with Crippen LogP contribution in [0.2, 0.25) is 0 Å². The highest BCUT2D eigenvalue weighted by Crippen LogP contribution is 2.31. The van der Waals surface area contributed by atoms with Crippen LogP contribution in [0.25, 0.3) is 12.2 Å². The van der Waals surface area contributed by atoms with E-state index >= 15 is 0 Å². The number of benzene rings is 1. The summed E-state index contributed by atoms with van der Waals surface area (Å²) < 4.78 is 11.0. The number of ether oxygens (including phenoxy) is 2. The summed E-state index contributed by atoms with van der Waals surface area (Å²) in [6, 6.07) is 7.02. The fourth-order valence-corrected chi connectivity index (χ4v) is 1.93. The lowest BCUT2D eigenvalue weighted by molar-refractivity contribution is 0.0690. The Morgan fingerprint density at radius 1 is 1.10 bits per heavy atom. The Kier molecular flexibility index (Phi) is 3.51. The van der Waals surface area contributed by atoms with Crippen molar-refractivity contribution in [1.82, 2.24) is 9.97 Å². The lowest BCUT2D eigenvalue weighted by Gasteiger charge is -2.18. The molecule has 0 bridgehead atoms. The number of aromatic carboxylic acids is 1. The maximum atomic E-state index is 10.8. The minimum atomic E-state index is -1.08. The van der Waals surface area contributed by atoms with Gasteiger partial charge in [-0.2, -0.15) is 0 Å². The Labute approximate surface area is 120 Å². The van der Waals surface area contributed by atoms with Crippen molar-refractivity contribution in [2.45, 2.75) is 0 Å². The fourth-order valence-electron chi connectivity index (χ4n) is 1.93. The maximum absolute atomic E-state index is 10.8. The molecule has 0 aliphatic carbocycles. The third-order valence-corrected chi connectivity index (χ3v) is 2.92. The molecule has 0 saturated heterocycles. The highest BCUT2D eigenvalue weighted by molar-refractivity contribution is 5.86. The van der Waals surface area contributed by atoms with E-state index in [4.69, 9.17) is 14.6 Å². The fraction of sp³-hybridized carbons (Fsp3) is 0.133. The van der Waals surface area contributed by atoms with Gasteiger partial charge < -0.3 is 14.6 Å². The number of hydrogen-bond acceptors (Lipinski definition) is 5. The normalized spacial score (nSPS) is 13.3. The molecule has 6 heteroatoms. The molecule has 21 heavy (non-hydrogen) atoms. The summed E-state index contributed by atoms with van der Waals surface area (Å²) in [6.07, 6.45) is 4.78. The molecule has 3 rings (SSSR count). The van der Waals surface area contributed by atoms with Crippen LogP contribution in [0.4, 0.5) is 0 Å². The second-order valence-corrected chi connectivity index (χ2v) is 4.37. The Morgan fingerprint density at radius 3 is 2.71 bits per heavy atom. The van der Waals surface area contributed by atoms with E-state index in [-0.39, 0.29) is 5.69 Å². The number of aromatic nitrogens is 2. The van der Waals surface area contributed by atoms with Crippen molar-refractivity contribution >= 4 is 18.1 Å². The minimum Gasteiger partial charge on any atom is -0.486 e. The molecule has 0 spiro atoms. The van der Waals surface area contributed by atoms with Crippen LogP contribution >= 0.6 is 0 Å². The molecular formula is C15H12N2O4. The highest BCUT2D eigenvalue weighted by Gasteiger charge is 2.10. The predicted molar refractivity (Wildman–Crippen MR) is 75.4 cm³/mol. The summed E-state index contributed by atoms with van der Waals surface area (Å²) in [5, 5.41) is 8.88. The van der Waals surface area contributed by atoms with Crippen molar-refractivity contribution in [2.24, 2.45) is 0 Å². The maximum Gasteiger partial charge on any atom is 0.354 e. The monoisotopic (exact) mass is 284 g/mol. The molecule has 0 unspecified atom stereocenters. The molecule has 106 valence electrons. The molecule has 6 nitrogen and oxygen atoms in total. The number of carboxylic acid groups (broad SMARTS) is 1. The van der Waals surface area contributed by atoms with Gasteiger partial charge in [0.15, 0.2) is 17.2 Å². The van der Waals surface area contributed by atoms with Gasteiger partial charge in [-0.3, -0.25) is 0 Å². The van der Waals surface area contributed by atoms with Crippen molar-refractivity contribution in [1.29, 1.82) is 0 Å². The molecule has 0 amide bonds. The van der Waals surface area contributed by atoms with Crippen LogP contribution < -0.4 is 9.47 Å². The number of carbonyl (C=O) groups is 1. The van der Waals surface area contributed by atoms with Crippen LogP contribution in [-0.2, 0) is 0 Å². The zero-order valence-corrected chi connectivity index (χ0v) is 11.0. The number of rotatable bonds is 3. The predicted octanol–water partition coefficient (Wildman–Crippen LogP) is 2.12. The van der Waals surface area contributed by atoms with E-state index in [9.17, 15) is 4.79 Å². The van der Waals surface area contributed by atoms with E-state index in [0.29, 0.717) is 24.7 Å². The van der Waals surface area contributed by atoms with Gasteiger partial charge in [0, 0.05) is 0 Å². The van der Waals surface area contributed by atoms with Gasteiger partial charge in [0.2, 0.25) is 0 Å². The van der Waals surface area contributed by atoms with Crippen molar-refractivity contribution < 1.29 is 19.4 Å². The first kappa shape index (κ1) is 13.1. The van der Waals surface area contributed by atoms with Gasteiger partial charge in [-0.05, 0) is 29.8 Å². The van der Waals surface area contributed by atoms with Crippen LogP contribution in [0, 0.1) is 0 Å². The molecule has 1 N–H and O–H groups in total. The van der Waals surface area contributed by atoms with E-state index in [0.717, 1.165) is 11.3 Å². The van der Waals surface area contributed by atoms with Gasteiger partial charge in [0.05, 0.1) is 5.69 Å². The quantitative estimate of drug-likeness (QED) is 0.929. The average molecular weight is 284 g/mol. The third-order valence-electron chi connectivity index (χ3n) is 2.92. The van der Waals surface area contributed by atoms with E-state index < -0.39 is 5.97 Å². The van der Waals surface area contributed by atoms with E-state index in [1.54, 1.807) is 6.08 Å². The van der Waals surface area contributed by atoms with Gasteiger partial charge in [-0.15, -0.1) is 0 Å². The summed E-state index contributed by atoms with van der Waals surface area (Å²) in [4.78, 5) is 18.5. The molecule has 1 aliphatic rings. The van der Waals surface area contributed by atoms with Crippen molar-refractivity contribution in [3.05, 3.63) is 47.5 Å². The van der Waals surface area contributed by atoms with E-state index in [1.807, 2.05) is 24.3 Å². The van der Waals surface area contributed by atoms with E-state index in [2.05, 4.69) is 9.97 Å². The second kappa shape index (κ2) is 5.62. The van der Waals surface area contributed by atoms with Crippen molar-refractivity contribution in [2.75, 3.05) is 13.2 Å². The highest BCUT2D eigenvalue weighted by atomic mass is 16.6. The summed E-state index contributed by atoms with van der Waals surface area (Å²) in [5.74, 6) is 0.359. The van der Waals surface area contributed by atoms with Gasteiger partial charge in [-0.25, -0.2) is 14.8 Å². The standard InChI is InChI=1S/C15H12N2O4/c18-15(19)12-8-11(16-9-17-12)3-1-10-2-4-13-14(7-10)21-6-5-20-13/h1-4,7-9H,5-6H2,(H,18,19)/b3-1+. The number of carboxylic acids is 1. The average Bonchev–Trinajstić information content (AvgIpc) is 2.53. The molecule has 1 aliphatic heterocycles. The lowest BCUT2D eigenvalue weighted by Crippen LogP contribution is -2.15. The van der Waals surface area contributed by atoms with Crippen molar-refractivity contribution in [3.8, 4) is 11.5 Å². The SMILES string of the molecule is O=C(O)c1cc(/C=C/c2ccc3c(c2)OCCO3)ncn1. The van der Waals surface area contributed by atoms with Crippen LogP contribution in [0.1, 0.15) is 21.7 Å². The van der Waals surface area contributed by atoms with E-state index in [1.165, 1.54) is 12.4 Å². The van der Waals surface area contributed by atoms with Gasteiger partial charge in [-0.1, -0.05) is 12.1 Å². The number of nitrogens with zero attached hydrogens (tertiary/aromatic N) is 2. The van der Waals surface area contributed by atoms with Crippen molar-refractivity contribution in [3.63, 3.8) is 0 Å². The number of hydrogen-bond donors (Lipinski definition) is 1. The lowest BCUT2D eigenvalue weighted by atomic mass is 10.1. The Bertz CT molecular complexity index is 713. The summed E-state index contributed by atoms with van der Waals surface area (Å²) in [6.45, 7) is 1.09. The molecule has 0 radical (unpaired) electrons. The first-order valence-electron chi connectivity index (χ1n) is 6.35. The van der Waals surface area contributed by atoms with Gasteiger partial charge >= 0.3 is 5.97 Å². The summed E-state index contributed by atoms with van der Waals surface area (Å²) in [7, 11) is 0. The Hall–Kier alpha value is -2.89. The largest absolute Gasteiger partial charge is 0.486 e. The minimum absolute atomic E-state index is 0.0353. The third kappa shape index (κ3) is 3.00. The Morgan fingerprint density at radius 2 is 1.90 bits per heavy atom.